The van der Waals surface area contributed by atoms with Crippen LogP contribution in [0.25, 0.3) is 0 Å². The maximum atomic E-state index is 12.4. The highest BCUT2D eigenvalue weighted by molar-refractivity contribution is 5.78. The number of hydrogen-bond donors (Lipinski definition) is 1. The molecule has 0 aromatic heterocycles. The van der Waals surface area contributed by atoms with Crippen LogP contribution in [-0.4, -0.2) is 22.8 Å². The monoisotopic (exact) mass is 330 g/mol. The zero-order valence-corrected chi connectivity index (χ0v) is 14.7. The largest absolute Gasteiger partial charge is 0.479 e. The van der Waals surface area contributed by atoms with Crippen LogP contribution < -0.4 is 0 Å². The van der Waals surface area contributed by atoms with Crippen LogP contribution in [0.3, 0.4) is 0 Å². The normalized spacial score (nSPS) is 48.1. The van der Waals surface area contributed by atoms with Crippen LogP contribution in [0.1, 0.15) is 58.3 Å². The van der Waals surface area contributed by atoms with Crippen molar-refractivity contribution in [2.45, 2.75) is 70.0 Å². The van der Waals surface area contributed by atoms with Gasteiger partial charge in [-0.2, -0.15) is 0 Å². The maximum absolute atomic E-state index is 12.4. The molecule has 4 saturated carbocycles. The molecule has 132 valence electrons. The number of ether oxygens (including phenoxy) is 1. The van der Waals surface area contributed by atoms with Gasteiger partial charge in [-0.3, -0.25) is 0 Å². The van der Waals surface area contributed by atoms with Crippen molar-refractivity contribution < 1.29 is 14.6 Å². The Morgan fingerprint density at radius 2 is 1.83 bits per heavy atom. The van der Waals surface area contributed by atoms with E-state index in [1.54, 1.807) is 0 Å². The van der Waals surface area contributed by atoms with Crippen molar-refractivity contribution in [2.24, 2.45) is 41.4 Å². The van der Waals surface area contributed by atoms with Crippen LogP contribution in [0.15, 0.2) is 12.2 Å². The van der Waals surface area contributed by atoms with E-state index in [4.69, 9.17) is 4.74 Å². The lowest BCUT2D eigenvalue weighted by Crippen LogP contribution is -2.53. The van der Waals surface area contributed by atoms with Crippen molar-refractivity contribution in [3.8, 4) is 0 Å². The quantitative estimate of drug-likeness (QED) is 0.605. The van der Waals surface area contributed by atoms with Gasteiger partial charge in [0.25, 0.3) is 0 Å². The van der Waals surface area contributed by atoms with Crippen molar-refractivity contribution in [1.29, 1.82) is 0 Å². The standard InChI is InChI=1S/C21H30O3/c1-2-21(20(22)23,24-15-5-3-4-6-15)17-11-14-10-16(17)19-13-8-7-12(9-13)18(14)19/h7-8,12-19H,2-6,9-11H2,1H3,(H,22,23). The third kappa shape index (κ3) is 1.91. The Hall–Kier alpha value is -0.830. The summed E-state index contributed by atoms with van der Waals surface area (Å²) in [4.78, 5) is 12.4. The lowest BCUT2D eigenvalue weighted by Gasteiger charge is -2.45. The Kier molecular flexibility index (Phi) is 3.43. The maximum Gasteiger partial charge on any atom is 0.336 e. The molecule has 1 N–H and O–H groups in total. The molecular formula is C21H30O3. The second kappa shape index (κ2) is 5.33. The highest BCUT2D eigenvalue weighted by Crippen LogP contribution is 2.68. The second-order valence-corrected chi connectivity index (χ2v) is 9.18. The van der Waals surface area contributed by atoms with Crippen LogP contribution in [0.4, 0.5) is 0 Å². The van der Waals surface area contributed by atoms with Crippen LogP contribution in [0.2, 0.25) is 0 Å². The van der Waals surface area contributed by atoms with Crippen LogP contribution in [-0.2, 0) is 9.53 Å². The predicted molar refractivity (Wildman–Crippen MR) is 91.4 cm³/mol. The SMILES string of the molecule is CCC(OC1CCCC1)(C(=O)O)C1CC2CC1C1C3C=CC(C3)C21. The van der Waals surface area contributed by atoms with Gasteiger partial charge in [-0.25, -0.2) is 4.79 Å². The zero-order chi connectivity index (χ0) is 16.5. The molecule has 0 aliphatic heterocycles. The lowest BCUT2D eigenvalue weighted by molar-refractivity contribution is -0.192. The minimum atomic E-state index is -0.926. The van der Waals surface area contributed by atoms with Crippen LogP contribution in [0, 0.1) is 41.4 Å². The fraction of sp³-hybridized carbons (Fsp3) is 0.857. The molecule has 8 unspecified atom stereocenters. The molecule has 3 heteroatoms. The first-order chi connectivity index (χ1) is 11.6. The first-order valence-electron chi connectivity index (χ1n) is 10.2. The summed E-state index contributed by atoms with van der Waals surface area (Å²) < 4.78 is 6.46. The lowest BCUT2D eigenvalue weighted by atomic mass is 9.64. The molecule has 4 fully saturated rings. The number of carboxylic acid groups (broad SMARTS) is 1. The first-order valence-corrected chi connectivity index (χ1v) is 10.2. The molecule has 5 rings (SSSR count). The van der Waals surface area contributed by atoms with E-state index in [1.165, 1.54) is 25.7 Å². The Bertz CT molecular complexity index is 563. The number of hydrogen-bond acceptors (Lipinski definition) is 2. The number of allylic oxidation sites excluding steroid dienone is 2. The summed E-state index contributed by atoms with van der Waals surface area (Å²) in [5.41, 5.74) is -0.926. The van der Waals surface area contributed by atoms with E-state index >= 15 is 0 Å². The summed E-state index contributed by atoms with van der Waals surface area (Å²) in [5.74, 6) is 4.02. The van der Waals surface area contributed by atoms with Gasteiger partial charge in [-0.1, -0.05) is 31.9 Å². The minimum Gasteiger partial charge on any atom is -0.479 e. The van der Waals surface area contributed by atoms with Gasteiger partial charge in [0.15, 0.2) is 5.60 Å². The smallest absolute Gasteiger partial charge is 0.336 e. The molecule has 5 aliphatic rings. The van der Waals surface area contributed by atoms with Crippen molar-refractivity contribution in [3.63, 3.8) is 0 Å². The van der Waals surface area contributed by atoms with E-state index in [2.05, 4.69) is 12.2 Å². The molecule has 0 aromatic rings. The fourth-order valence-corrected chi connectivity index (χ4v) is 7.65. The van der Waals surface area contributed by atoms with Gasteiger partial charge in [-0.15, -0.1) is 0 Å². The van der Waals surface area contributed by atoms with Crippen molar-refractivity contribution >= 4 is 5.97 Å². The van der Waals surface area contributed by atoms with E-state index in [0.29, 0.717) is 12.3 Å². The van der Waals surface area contributed by atoms with E-state index in [9.17, 15) is 9.90 Å². The fourth-order valence-electron chi connectivity index (χ4n) is 7.65. The molecule has 0 aromatic carbocycles. The summed E-state index contributed by atoms with van der Waals surface area (Å²) >= 11 is 0. The Balaban J connectivity index is 1.45. The number of fused-ring (bicyclic) bond motifs is 9. The molecule has 5 aliphatic carbocycles. The summed E-state index contributed by atoms with van der Waals surface area (Å²) in [5, 5.41) is 10.2. The molecule has 0 amide bonds. The Morgan fingerprint density at radius 3 is 2.50 bits per heavy atom. The summed E-state index contributed by atoms with van der Waals surface area (Å²) in [6, 6.07) is 0. The van der Waals surface area contributed by atoms with Gasteiger partial charge in [0.05, 0.1) is 6.10 Å². The van der Waals surface area contributed by atoms with Crippen molar-refractivity contribution in [1.82, 2.24) is 0 Å². The van der Waals surface area contributed by atoms with E-state index in [0.717, 1.165) is 48.9 Å². The van der Waals surface area contributed by atoms with Gasteiger partial charge < -0.3 is 9.84 Å². The summed E-state index contributed by atoms with van der Waals surface area (Å²) in [6.07, 6.45) is 13.9. The average molecular weight is 330 g/mol. The Labute approximate surface area is 144 Å². The first kappa shape index (κ1) is 15.4. The Morgan fingerprint density at radius 1 is 1.12 bits per heavy atom. The topological polar surface area (TPSA) is 46.5 Å². The molecular weight excluding hydrogens is 300 g/mol. The minimum absolute atomic E-state index is 0.177. The van der Waals surface area contributed by atoms with Gasteiger partial charge in [0.2, 0.25) is 0 Å². The third-order valence-electron chi connectivity index (χ3n) is 8.44. The molecule has 0 radical (unpaired) electrons. The third-order valence-corrected chi connectivity index (χ3v) is 8.44. The van der Waals surface area contributed by atoms with Gasteiger partial charge in [0.1, 0.15) is 0 Å². The molecule has 0 spiro atoms. The molecule has 0 saturated heterocycles. The number of rotatable bonds is 5. The van der Waals surface area contributed by atoms with E-state index in [1.807, 2.05) is 6.92 Å². The number of aliphatic carboxylic acids is 1. The van der Waals surface area contributed by atoms with E-state index < -0.39 is 11.6 Å². The van der Waals surface area contributed by atoms with Crippen LogP contribution in [0.5, 0.6) is 0 Å². The number of carbonyl (C=O) groups is 1. The second-order valence-electron chi connectivity index (χ2n) is 9.18. The number of carboxylic acids is 1. The molecule has 0 heterocycles. The summed E-state index contributed by atoms with van der Waals surface area (Å²) in [7, 11) is 0. The van der Waals surface area contributed by atoms with Crippen LogP contribution >= 0.6 is 0 Å². The van der Waals surface area contributed by atoms with Gasteiger partial charge >= 0.3 is 5.97 Å². The molecule has 24 heavy (non-hydrogen) atoms. The van der Waals surface area contributed by atoms with Crippen molar-refractivity contribution in [2.75, 3.05) is 0 Å². The van der Waals surface area contributed by atoms with Gasteiger partial charge in [0, 0.05) is 5.92 Å². The molecule has 8 atom stereocenters. The van der Waals surface area contributed by atoms with Crippen molar-refractivity contribution in [3.05, 3.63) is 12.2 Å². The predicted octanol–water partition coefficient (Wildman–Crippen LogP) is 4.27. The highest BCUT2D eigenvalue weighted by Gasteiger charge is 2.66. The van der Waals surface area contributed by atoms with Gasteiger partial charge in [-0.05, 0) is 74.0 Å². The van der Waals surface area contributed by atoms with E-state index in [-0.39, 0.29) is 12.0 Å². The average Bonchev–Trinajstić information content (AvgIpc) is 3.38. The summed E-state index contributed by atoms with van der Waals surface area (Å²) in [6.45, 7) is 2.03. The molecule has 4 bridgehead atoms. The zero-order valence-electron chi connectivity index (χ0n) is 14.7. The molecule has 3 nitrogen and oxygen atoms in total. The highest BCUT2D eigenvalue weighted by atomic mass is 16.5.